The highest BCUT2D eigenvalue weighted by Gasteiger charge is 2.30. The first-order valence-corrected chi connectivity index (χ1v) is 8.28. The molecule has 7 heteroatoms. The van der Waals surface area contributed by atoms with Crippen LogP contribution in [-0.2, 0) is 21.3 Å². The Morgan fingerprint density at radius 2 is 2.26 bits per heavy atom. The van der Waals surface area contributed by atoms with Gasteiger partial charge in [0.1, 0.15) is 0 Å². The number of hydrogen-bond acceptors (Lipinski definition) is 4. The predicted octanol–water partition coefficient (Wildman–Crippen LogP) is 1.32. The molecule has 1 aliphatic rings. The van der Waals surface area contributed by atoms with E-state index in [1.165, 1.54) is 4.31 Å². The van der Waals surface area contributed by atoms with Gasteiger partial charge in [-0.15, -0.1) is 0 Å². The molecular weight excluding hydrogens is 332 g/mol. The summed E-state index contributed by atoms with van der Waals surface area (Å²) in [6.45, 7) is 3.37. The number of benzene rings is 1. The number of sulfonamides is 1. The molecule has 0 spiro atoms. The monoisotopic (exact) mass is 348 g/mol. The molecule has 1 atom stereocenters. The van der Waals surface area contributed by atoms with Crippen molar-refractivity contribution < 1.29 is 13.2 Å². The highest BCUT2D eigenvalue weighted by atomic mass is 79.9. The smallest absolute Gasteiger partial charge is 0.244 e. The molecular formula is C12H17BrN2O3S. The van der Waals surface area contributed by atoms with Crippen LogP contribution in [-0.4, -0.2) is 38.5 Å². The lowest BCUT2D eigenvalue weighted by Gasteiger charge is -2.30. The Balaban J connectivity index is 2.38. The van der Waals surface area contributed by atoms with Crippen molar-refractivity contribution in [2.45, 2.75) is 24.5 Å². The van der Waals surface area contributed by atoms with Crippen LogP contribution in [0.3, 0.4) is 0 Å². The van der Waals surface area contributed by atoms with Crippen LogP contribution in [0.15, 0.2) is 27.6 Å². The fraction of sp³-hybridized carbons (Fsp3) is 0.500. The molecule has 1 aliphatic heterocycles. The molecule has 0 saturated carbocycles. The van der Waals surface area contributed by atoms with Gasteiger partial charge in [-0.25, -0.2) is 8.42 Å². The summed E-state index contributed by atoms with van der Waals surface area (Å²) in [6.07, 6.45) is -0.0833. The van der Waals surface area contributed by atoms with Gasteiger partial charge in [0.15, 0.2) is 0 Å². The highest BCUT2D eigenvalue weighted by Crippen LogP contribution is 2.27. The van der Waals surface area contributed by atoms with Crippen molar-refractivity contribution in [1.82, 2.24) is 4.31 Å². The fourth-order valence-corrected chi connectivity index (χ4v) is 4.49. The normalized spacial score (nSPS) is 21.5. The van der Waals surface area contributed by atoms with Crippen LogP contribution in [0.4, 0.5) is 0 Å². The number of halogens is 1. The van der Waals surface area contributed by atoms with Gasteiger partial charge in [0.05, 0.1) is 17.6 Å². The Hall–Kier alpha value is -0.470. The van der Waals surface area contributed by atoms with Crippen LogP contribution >= 0.6 is 15.9 Å². The number of nitrogens with two attached hydrogens (primary N) is 1. The Labute approximate surface area is 121 Å². The minimum absolute atomic E-state index is 0.0833. The third kappa shape index (κ3) is 3.17. The number of nitrogens with zero attached hydrogens (tertiary/aromatic N) is 1. The third-order valence-corrected chi connectivity index (χ3v) is 5.91. The molecule has 1 heterocycles. The summed E-state index contributed by atoms with van der Waals surface area (Å²) >= 11 is 3.30. The lowest BCUT2D eigenvalue weighted by molar-refractivity contribution is 0.0102. The summed E-state index contributed by atoms with van der Waals surface area (Å²) < 4.78 is 32.6. The predicted molar refractivity (Wildman–Crippen MR) is 76.2 cm³/mol. The summed E-state index contributed by atoms with van der Waals surface area (Å²) in [7, 11) is -3.51. The van der Waals surface area contributed by atoms with E-state index in [-0.39, 0.29) is 11.0 Å². The second kappa shape index (κ2) is 5.88. The van der Waals surface area contributed by atoms with Gasteiger partial charge < -0.3 is 10.5 Å². The molecule has 0 bridgehead atoms. The van der Waals surface area contributed by atoms with Crippen molar-refractivity contribution in [1.29, 1.82) is 0 Å². The van der Waals surface area contributed by atoms with Crippen LogP contribution in [0.1, 0.15) is 12.5 Å². The summed E-state index contributed by atoms with van der Waals surface area (Å²) in [5.41, 5.74) is 6.36. The quantitative estimate of drug-likeness (QED) is 0.893. The molecule has 0 amide bonds. The Bertz CT molecular complexity index is 562. The van der Waals surface area contributed by atoms with Crippen LogP contribution < -0.4 is 5.73 Å². The minimum atomic E-state index is -3.51. The molecule has 1 aromatic rings. The summed E-state index contributed by atoms with van der Waals surface area (Å²) in [6, 6.07) is 5.16. The van der Waals surface area contributed by atoms with Gasteiger partial charge in [-0.2, -0.15) is 4.31 Å². The van der Waals surface area contributed by atoms with Gasteiger partial charge in [0, 0.05) is 24.1 Å². The number of rotatable bonds is 3. The summed E-state index contributed by atoms with van der Waals surface area (Å²) in [5.74, 6) is 0. The summed E-state index contributed by atoms with van der Waals surface area (Å²) in [5, 5.41) is 0. The van der Waals surface area contributed by atoms with E-state index < -0.39 is 10.0 Å². The van der Waals surface area contributed by atoms with Crippen molar-refractivity contribution in [3.8, 4) is 0 Å². The molecule has 2 rings (SSSR count). The third-order valence-electron chi connectivity index (χ3n) is 3.05. The molecule has 106 valence electrons. The van der Waals surface area contributed by atoms with Crippen molar-refractivity contribution >= 4 is 26.0 Å². The number of hydrogen-bond donors (Lipinski definition) is 1. The second-order valence-electron chi connectivity index (χ2n) is 4.51. The van der Waals surface area contributed by atoms with E-state index in [1.807, 2.05) is 13.0 Å². The van der Waals surface area contributed by atoms with Crippen molar-refractivity contribution in [3.63, 3.8) is 0 Å². The first-order valence-electron chi connectivity index (χ1n) is 6.05. The molecule has 0 aromatic heterocycles. The van der Waals surface area contributed by atoms with E-state index in [9.17, 15) is 8.42 Å². The van der Waals surface area contributed by atoms with Gasteiger partial charge in [-0.3, -0.25) is 0 Å². The highest BCUT2D eigenvalue weighted by molar-refractivity contribution is 9.10. The topological polar surface area (TPSA) is 72.6 Å². The van der Waals surface area contributed by atoms with Crippen molar-refractivity contribution in [2.24, 2.45) is 5.73 Å². The average molecular weight is 349 g/mol. The molecule has 5 nitrogen and oxygen atoms in total. The van der Waals surface area contributed by atoms with E-state index >= 15 is 0 Å². The van der Waals surface area contributed by atoms with E-state index in [0.717, 1.165) is 5.56 Å². The first-order chi connectivity index (χ1) is 8.95. The van der Waals surface area contributed by atoms with Crippen LogP contribution in [0.25, 0.3) is 0 Å². The SMILES string of the molecule is CC1CN(S(=O)(=O)c2cc(CN)ccc2Br)CCO1. The van der Waals surface area contributed by atoms with Gasteiger partial charge in [-0.1, -0.05) is 6.07 Å². The number of morpholine rings is 1. The molecule has 0 radical (unpaired) electrons. The molecule has 19 heavy (non-hydrogen) atoms. The zero-order valence-corrected chi connectivity index (χ0v) is 13.1. The van der Waals surface area contributed by atoms with E-state index in [1.54, 1.807) is 12.1 Å². The van der Waals surface area contributed by atoms with Gasteiger partial charge in [0.25, 0.3) is 0 Å². The Morgan fingerprint density at radius 3 is 2.89 bits per heavy atom. The molecule has 1 aromatic carbocycles. The first kappa shape index (κ1) is 14.9. The Kier molecular flexibility index (Phi) is 4.62. The lowest BCUT2D eigenvalue weighted by atomic mass is 10.2. The maximum absolute atomic E-state index is 12.6. The van der Waals surface area contributed by atoms with Gasteiger partial charge in [-0.05, 0) is 40.5 Å². The van der Waals surface area contributed by atoms with E-state index in [4.69, 9.17) is 10.5 Å². The Morgan fingerprint density at radius 1 is 1.53 bits per heavy atom. The average Bonchev–Trinajstić information content (AvgIpc) is 2.39. The molecule has 1 saturated heterocycles. The van der Waals surface area contributed by atoms with Crippen molar-refractivity contribution in [3.05, 3.63) is 28.2 Å². The minimum Gasteiger partial charge on any atom is -0.376 e. The zero-order chi connectivity index (χ0) is 14.0. The van der Waals surface area contributed by atoms with E-state index in [0.29, 0.717) is 30.7 Å². The standard InChI is InChI=1S/C12H17BrN2O3S/c1-9-8-15(4-5-18-9)19(16,17)12-6-10(7-14)2-3-11(12)13/h2-3,6,9H,4-5,7-8,14H2,1H3. The maximum Gasteiger partial charge on any atom is 0.244 e. The largest absolute Gasteiger partial charge is 0.376 e. The van der Waals surface area contributed by atoms with Gasteiger partial charge >= 0.3 is 0 Å². The van der Waals surface area contributed by atoms with E-state index in [2.05, 4.69) is 15.9 Å². The van der Waals surface area contributed by atoms with Crippen LogP contribution in [0.5, 0.6) is 0 Å². The van der Waals surface area contributed by atoms with Gasteiger partial charge in [0.2, 0.25) is 10.0 Å². The fourth-order valence-electron chi connectivity index (χ4n) is 2.02. The molecule has 1 unspecified atom stereocenters. The summed E-state index contributed by atoms with van der Waals surface area (Å²) in [4.78, 5) is 0.268. The van der Waals surface area contributed by atoms with Crippen LogP contribution in [0, 0.1) is 0 Å². The zero-order valence-electron chi connectivity index (χ0n) is 10.7. The lowest BCUT2D eigenvalue weighted by Crippen LogP contribution is -2.44. The van der Waals surface area contributed by atoms with Crippen LogP contribution in [0.2, 0.25) is 0 Å². The van der Waals surface area contributed by atoms with Crippen molar-refractivity contribution in [2.75, 3.05) is 19.7 Å². The number of ether oxygens (including phenoxy) is 1. The molecule has 2 N–H and O–H groups in total. The maximum atomic E-state index is 12.6. The second-order valence-corrected chi connectivity index (χ2v) is 7.27. The molecule has 0 aliphatic carbocycles. The molecule has 1 fully saturated rings.